The molecule has 2 aromatic rings. The molecule has 2 N–H and O–H groups in total. The van der Waals surface area contributed by atoms with Gasteiger partial charge >= 0.3 is 0 Å². The fourth-order valence-electron chi connectivity index (χ4n) is 1.74. The summed E-state index contributed by atoms with van der Waals surface area (Å²) in [5, 5.41) is 4.88. The van der Waals surface area contributed by atoms with Crippen LogP contribution in [0, 0.1) is 0 Å². The molecule has 5 nitrogen and oxygen atoms in total. The van der Waals surface area contributed by atoms with E-state index in [2.05, 4.69) is 15.0 Å². The molecule has 20 heavy (non-hydrogen) atoms. The molecule has 0 radical (unpaired) electrons. The molecule has 0 amide bonds. The van der Waals surface area contributed by atoms with Crippen LogP contribution in [0.2, 0.25) is 0 Å². The Morgan fingerprint density at radius 3 is 2.45 bits per heavy atom. The molecule has 0 unspecified atom stereocenters. The van der Waals surface area contributed by atoms with Crippen LogP contribution in [0.4, 0.5) is 0 Å². The summed E-state index contributed by atoms with van der Waals surface area (Å²) < 4.78 is 26.5. The van der Waals surface area contributed by atoms with Gasteiger partial charge in [0.15, 0.2) is 0 Å². The third-order valence-electron chi connectivity index (χ3n) is 2.72. The molecule has 0 atom stereocenters. The fraction of sp³-hybridized carbons (Fsp3) is 0.308. The Balaban J connectivity index is 1.93. The Bertz CT molecular complexity index is 622. The third kappa shape index (κ3) is 4.68. The maximum Gasteiger partial charge on any atom is 0.216 e. The van der Waals surface area contributed by atoms with Crippen molar-refractivity contribution in [1.82, 2.24) is 15.0 Å². The zero-order chi connectivity index (χ0) is 14.4. The van der Waals surface area contributed by atoms with Crippen molar-refractivity contribution < 1.29 is 8.42 Å². The van der Waals surface area contributed by atoms with Crippen molar-refractivity contribution in [3.8, 4) is 0 Å². The number of aromatic nitrogens is 1. The van der Waals surface area contributed by atoms with Gasteiger partial charge in [-0.05, 0) is 18.2 Å². The van der Waals surface area contributed by atoms with Crippen LogP contribution in [0.5, 0.6) is 0 Å². The molecule has 1 heterocycles. The van der Waals surface area contributed by atoms with Gasteiger partial charge in [-0.3, -0.25) is 0 Å². The maximum atomic E-state index is 12.0. The van der Waals surface area contributed by atoms with E-state index in [9.17, 15) is 8.42 Å². The van der Waals surface area contributed by atoms with Gasteiger partial charge < -0.3 is 5.32 Å². The van der Waals surface area contributed by atoms with Gasteiger partial charge in [0.25, 0.3) is 0 Å². The third-order valence-corrected chi connectivity index (χ3v) is 4.65. The minimum absolute atomic E-state index is 0.0169. The topological polar surface area (TPSA) is 71.1 Å². The van der Waals surface area contributed by atoms with Crippen LogP contribution >= 0.6 is 11.3 Å². The van der Waals surface area contributed by atoms with Crippen molar-refractivity contribution in [3.05, 3.63) is 52.0 Å². The molecule has 1 aromatic heterocycles. The summed E-state index contributed by atoms with van der Waals surface area (Å²) in [5.74, 6) is -0.0169. The fourth-order valence-corrected chi connectivity index (χ4v) is 3.40. The summed E-state index contributed by atoms with van der Waals surface area (Å²) in [6.45, 7) is 1.01. The highest BCUT2D eigenvalue weighted by molar-refractivity contribution is 7.88. The van der Waals surface area contributed by atoms with E-state index in [1.165, 1.54) is 11.3 Å². The van der Waals surface area contributed by atoms with E-state index in [1.54, 1.807) is 5.51 Å². The van der Waals surface area contributed by atoms with Crippen LogP contribution < -0.4 is 10.0 Å². The van der Waals surface area contributed by atoms with E-state index in [1.807, 2.05) is 36.7 Å². The molecule has 0 saturated carbocycles. The molecular weight excluding hydrogens is 294 g/mol. The van der Waals surface area contributed by atoms with Crippen LogP contribution in [0.25, 0.3) is 0 Å². The van der Waals surface area contributed by atoms with E-state index in [4.69, 9.17) is 0 Å². The van der Waals surface area contributed by atoms with Crippen LogP contribution in [0.15, 0.2) is 35.2 Å². The number of sulfonamides is 1. The van der Waals surface area contributed by atoms with Gasteiger partial charge in [0.2, 0.25) is 10.0 Å². The zero-order valence-corrected chi connectivity index (χ0v) is 12.8. The number of hydrogen-bond donors (Lipinski definition) is 2. The average molecular weight is 311 g/mol. The predicted molar refractivity (Wildman–Crippen MR) is 80.8 cm³/mol. The molecule has 7 heteroatoms. The number of hydrogen-bond acceptors (Lipinski definition) is 5. The minimum atomic E-state index is -3.34. The van der Waals surface area contributed by atoms with Crippen molar-refractivity contribution in [2.24, 2.45) is 0 Å². The standard InChI is InChI=1S/C13H17N3O2S2/c1-14-6-11-2-4-12(5-3-11)9-20(17,18)16-7-13-8-19-10-15-13/h2-5,8,10,14,16H,6-7,9H2,1H3. The lowest BCUT2D eigenvalue weighted by Crippen LogP contribution is -2.24. The first-order valence-electron chi connectivity index (χ1n) is 6.16. The molecule has 0 saturated heterocycles. The lowest BCUT2D eigenvalue weighted by Gasteiger charge is -2.06. The molecule has 108 valence electrons. The summed E-state index contributed by atoms with van der Waals surface area (Å²) in [7, 11) is -1.46. The maximum absolute atomic E-state index is 12.0. The lowest BCUT2D eigenvalue weighted by molar-refractivity contribution is 0.579. The Labute approximate surface area is 123 Å². The minimum Gasteiger partial charge on any atom is -0.316 e. The second-order valence-corrected chi connectivity index (χ2v) is 6.93. The van der Waals surface area contributed by atoms with E-state index in [-0.39, 0.29) is 12.3 Å². The SMILES string of the molecule is CNCc1ccc(CS(=O)(=O)NCc2cscn2)cc1. The predicted octanol–water partition coefficient (Wildman–Crippen LogP) is 1.48. The van der Waals surface area contributed by atoms with Crippen LogP contribution in [0.1, 0.15) is 16.8 Å². The average Bonchev–Trinajstić information content (AvgIpc) is 2.92. The molecule has 0 fully saturated rings. The van der Waals surface area contributed by atoms with Gasteiger partial charge in [-0.25, -0.2) is 18.1 Å². The summed E-state index contributed by atoms with van der Waals surface area (Å²) in [4.78, 5) is 4.04. The van der Waals surface area contributed by atoms with E-state index in [0.29, 0.717) is 0 Å². The highest BCUT2D eigenvalue weighted by Crippen LogP contribution is 2.08. The summed E-state index contributed by atoms with van der Waals surface area (Å²) in [6.07, 6.45) is 0. The molecule has 0 aliphatic heterocycles. The molecular formula is C13H17N3O2S2. The quantitative estimate of drug-likeness (QED) is 0.812. The number of thiazole rings is 1. The molecule has 0 aliphatic rings. The van der Waals surface area contributed by atoms with Crippen molar-refractivity contribution >= 4 is 21.4 Å². The van der Waals surface area contributed by atoms with E-state index in [0.717, 1.165) is 23.4 Å². The van der Waals surface area contributed by atoms with Gasteiger partial charge in [0.1, 0.15) is 0 Å². The Morgan fingerprint density at radius 2 is 1.85 bits per heavy atom. The van der Waals surface area contributed by atoms with Crippen molar-refractivity contribution in [2.45, 2.75) is 18.8 Å². The molecule has 0 aliphatic carbocycles. The monoisotopic (exact) mass is 311 g/mol. The second kappa shape index (κ2) is 6.94. The van der Waals surface area contributed by atoms with Crippen molar-refractivity contribution in [1.29, 1.82) is 0 Å². The Morgan fingerprint density at radius 1 is 1.15 bits per heavy atom. The van der Waals surface area contributed by atoms with Gasteiger partial charge in [0, 0.05) is 11.9 Å². The van der Waals surface area contributed by atoms with Crippen LogP contribution in [0.3, 0.4) is 0 Å². The second-order valence-electron chi connectivity index (χ2n) is 4.41. The Hall–Kier alpha value is -1.28. The molecule has 1 aromatic carbocycles. The van der Waals surface area contributed by atoms with Gasteiger partial charge in [0.05, 0.1) is 23.5 Å². The van der Waals surface area contributed by atoms with E-state index >= 15 is 0 Å². The van der Waals surface area contributed by atoms with Crippen LogP contribution in [-0.4, -0.2) is 20.4 Å². The summed E-state index contributed by atoms with van der Waals surface area (Å²) in [6, 6.07) is 7.55. The highest BCUT2D eigenvalue weighted by atomic mass is 32.2. The normalized spacial score (nSPS) is 11.7. The molecule has 2 rings (SSSR count). The smallest absolute Gasteiger partial charge is 0.216 e. The lowest BCUT2D eigenvalue weighted by atomic mass is 10.1. The van der Waals surface area contributed by atoms with Gasteiger partial charge in [-0.15, -0.1) is 11.3 Å². The molecule has 0 bridgehead atoms. The van der Waals surface area contributed by atoms with Gasteiger partial charge in [-0.1, -0.05) is 24.3 Å². The first-order chi connectivity index (χ1) is 9.59. The highest BCUT2D eigenvalue weighted by Gasteiger charge is 2.11. The largest absolute Gasteiger partial charge is 0.316 e. The van der Waals surface area contributed by atoms with Crippen molar-refractivity contribution in [2.75, 3.05) is 7.05 Å². The van der Waals surface area contributed by atoms with Crippen LogP contribution in [-0.2, 0) is 28.9 Å². The van der Waals surface area contributed by atoms with Crippen molar-refractivity contribution in [3.63, 3.8) is 0 Å². The Kier molecular flexibility index (Phi) is 5.24. The summed E-state index contributed by atoms with van der Waals surface area (Å²) >= 11 is 1.45. The molecule has 0 spiro atoms. The first kappa shape index (κ1) is 15.1. The van der Waals surface area contributed by atoms with Gasteiger partial charge in [-0.2, -0.15) is 0 Å². The number of nitrogens with zero attached hydrogens (tertiary/aromatic N) is 1. The number of rotatable bonds is 7. The number of benzene rings is 1. The first-order valence-corrected chi connectivity index (χ1v) is 8.75. The van der Waals surface area contributed by atoms with E-state index < -0.39 is 10.0 Å². The summed E-state index contributed by atoms with van der Waals surface area (Å²) in [5.41, 5.74) is 4.33. The number of nitrogens with one attached hydrogen (secondary N) is 2. The zero-order valence-electron chi connectivity index (χ0n) is 11.2.